The molecule has 1 heterocycles. The Hall–Kier alpha value is -1.78. The molecule has 0 N–H and O–H groups in total. The second kappa shape index (κ2) is 10.0. The number of halogens is 1. The number of nitrogens with zero attached hydrogens (tertiary/aromatic N) is 2. The quantitative estimate of drug-likeness (QED) is 0.254. The number of carbonyl (C=O) groups is 1. The molecule has 0 atom stereocenters. The van der Waals surface area contributed by atoms with E-state index in [1.807, 2.05) is 61.5 Å². The molecule has 0 bridgehead atoms. The molecular weight excluding hydrogens is 531 g/mol. The summed E-state index contributed by atoms with van der Waals surface area (Å²) in [7, 11) is 5.57. The Kier molecular flexibility index (Phi) is 7.65. The molecule has 8 heteroatoms. The van der Waals surface area contributed by atoms with Gasteiger partial charge in [-0.2, -0.15) is 0 Å². The van der Waals surface area contributed by atoms with Crippen molar-refractivity contribution in [2.24, 2.45) is 0 Å². The number of hydrogen-bond donors (Lipinski definition) is 0. The van der Waals surface area contributed by atoms with Gasteiger partial charge in [-0.3, -0.25) is 9.69 Å². The Labute approximate surface area is 200 Å². The Morgan fingerprint density at radius 3 is 2.53 bits per heavy atom. The van der Waals surface area contributed by atoms with Crippen LogP contribution >= 0.6 is 46.6 Å². The van der Waals surface area contributed by atoms with Gasteiger partial charge in [-0.15, -0.1) is 0 Å². The zero-order valence-corrected chi connectivity index (χ0v) is 21.1. The zero-order valence-electron chi connectivity index (χ0n) is 17.3. The lowest BCUT2D eigenvalue weighted by molar-refractivity contribution is -0.113. The second-order valence-electron chi connectivity index (χ2n) is 6.81. The molecule has 1 amide bonds. The number of ether oxygens (including phenoxy) is 2. The zero-order chi connectivity index (χ0) is 21.8. The highest BCUT2D eigenvalue weighted by Crippen LogP contribution is 2.39. The molecule has 1 aliphatic rings. The van der Waals surface area contributed by atoms with Crippen LogP contribution in [0.4, 0.5) is 11.4 Å². The predicted molar refractivity (Wildman–Crippen MR) is 138 cm³/mol. The van der Waals surface area contributed by atoms with Crippen LogP contribution < -0.4 is 19.3 Å². The van der Waals surface area contributed by atoms with E-state index in [0.29, 0.717) is 21.6 Å². The van der Waals surface area contributed by atoms with Gasteiger partial charge in [0.1, 0.15) is 0 Å². The lowest BCUT2D eigenvalue weighted by Gasteiger charge is -2.17. The first-order valence-corrected chi connectivity index (χ1v) is 11.7. The third-order valence-corrected chi connectivity index (χ3v) is 6.52. The molecule has 0 spiro atoms. The summed E-state index contributed by atoms with van der Waals surface area (Å²) in [6.07, 6.45) is 2.76. The Morgan fingerprint density at radius 2 is 1.93 bits per heavy atom. The summed E-state index contributed by atoms with van der Waals surface area (Å²) in [4.78, 5) is 17.2. The van der Waals surface area contributed by atoms with Crippen molar-refractivity contribution in [3.05, 3.63) is 50.4 Å². The maximum Gasteiger partial charge on any atom is 0.270 e. The van der Waals surface area contributed by atoms with E-state index >= 15 is 0 Å². The van der Waals surface area contributed by atoms with Gasteiger partial charge >= 0.3 is 0 Å². The van der Waals surface area contributed by atoms with Gasteiger partial charge < -0.3 is 14.4 Å². The number of anilines is 2. The Balaban J connectivity index is 1.89. The van der Waals surface area contributed by atoms with Gasteiger partial charge in [0.05, 0.1) is 27.9 Å². The van der Waals surface area contributed by atoms with Gasteiger partial charge in [-0.1, -0.05) is 30.9 Å². The molecule has 5 nitrogen and oxygen atoms in total. The van der Waals surface area contributed by atoms with E-state index in [9.17, 15) is 4.79 Å². The second-order valence-corrected chi connectivity index (χ2v) is 9.65. The summed E-state index contributed by atoms with van der Waals surface area (Å²) >= 11 is 9.02. The number of amides is 1. The fourth-order valence-corrected chi connectivity index (χ4v) is 4.99. The van der Waals surface area contributed by atoms with Crippen LogP contribution in [0.1, 0.15) is 18.9 Å². The third-order valence-electron chi connectivity index (χ3n) is 4.42. The molecule has 0 aliphatic carbocycles. The molecule has 158 valence electrons. The first-order chi connectivity index (χ1) is 14.3. The van der Waals surface area contributed by atoms with E-state index in [0.717, 1.165) is 32.7 Å². The highest BCUT2D eigenvalue weighted by atomic mass is 127. The lowest BCUT2D eigenvalue weighted by Crippen LogP contribution is -2.27. The van der Waals surface area contributed by atoms with Crippen LogP contribution in [-0.2, 0) is 4.79 Å². The Morgan fingerprint density at radius 1 is 1.23 bits per heavy atom. The van der Waals surface area contributed by atoms with E-state index in [4.69, 9.17) is 21.7 Å². The van der Waals surface area contributed by atoms with Crippen LogP contribution in [0.3, 0.4) is 0 Å². The average Bonchev–Trinajstić information content (AvgIpc) is 2.99. The van der Waals surface area contributed by atoms with Crippen LogP contribution in [0, 0.1) is 3.57 Å². The number of hydrogen-bond acceptors (Lipinski definition) is 6. The van der Waals surface area contributed by atoms with E-state index in [-0.39, 0.29) is 5.91 Å². The number of carbonyl (C=O) groups excluding carboxylic acids is 1. The van der Waals surface area contributed by atoms with Crippen molar-refractivity contribution in [2.45, 2.75) is 13.3 Å². The fourth-order valence-electron chi connectivity index (χ4n) is 2.91. The third kappa shape index (κ3) is 4.92. The monoisotopic (exact) mass is 554 g/mol. The van der Waals surface area contributed by atoms with Gasteiger partial charge in [0.2, 0.25) is 0 Å². The first kappa shape index (κ1) is 22.9. The molecule has 0 radical (unpaired) electrons. The highest BCUT2D eigenvalue weighted by molar-refractivity contribution is 14.1. The molecule has 0 saturated carbocycles. The first-order valence-electron chi connectivity index (χ1n) is 9.41. The van der Waals surface area contributed by atoms with Crippen molar-refractivity contribution >= 4 is 74.2 Å². The number of thioether (sulfide) groups is 1. The molecule has 30 heavy (non-hydrogen) atoms. The largest absolute Gasteiger partial charge is 0.493 e. The summed E-state index contributed by atoms with van der Waals surface area (Å²) in [6, 6.07) is 11.6. The normalized spacial score (nSPS) is 15.1. The summed E-state index contributed by atoms with van der Waals surface area (Å²) in [5, 5.41) is 0. The lowest BCUT2D eigenvalue weighted by atomic mass is 10.1. The molecule has 2 aromatic carbocycles. The van der Waals surface area contributed by atoms with Crippen LogP contribution in [-0.4, -0.2) is 38.0 Å². The van der Waals surface area contributed by atoms with Crippen molar-refractivity contribution < 1.29 is 14.3 Å². The SMILES string of the molecule is CCCOc1c(I)cc(/C=C2\SC(=S)N(c3ccc(N(C)C)cc3)C2=O)cc1OC. The van der Waals surface area contributed by atoms with Gasteiger partial charge in [-0.05, 0) is 77.0 Å². The fraction of sp³-hybridized carbons (Fsp3) is 0.273. The molecule has 1 fully saturated rings. The number of methoxy groups -OCH3 is 1. The molecule has 0 unspecified atom stereocenters. The molecule has 3 rings (SSSR count). The minimum absolute atomic E-state index is 0.122. The molecule has 2 aromatic rings. The minimum atomic E-state index is -0.122. The van der Waals surface area contributed by atoms with E-state index < -0.39 is 0 Å². The highest BCUT2D eigenvalue weighted by Gasteiger charge is 2.33. The van der Waals surface area contributed by atoms with E-state index in [1.165, 1.54) is 11.8 Å². The molecular formula is C22H23IN2O3S2. The number of thiocarbonyl (C=S) groups is 1. The standard InChI is InChI=1S/C22H23IN2O3S2/c1-5-10-28-20-17(23)11-14(12-18(20)27-4)13-19-21(26)25(22(29)30-19)16-8-6-15(7-9-16)24(2)3/h6-9,11-13H,5,10H2,1-4H3/b19-13-. The maximum atomic E-state index is 13.1. The minimum Gasteiger partial charge on any atom is -0.493 e. The van der Waals surface area contributed by atoms with Crippen molar-refractivity contribution in [1.82, 2.24) is 0 Å². The average molecular weight is 554 g/mol. The van der Waals surface area contributed by atoms with Crippen LogP contribution in [0.25, 0.3) is 6.08 Å². The van der Waals surface area contributed by atoms with Gasteiger partial charge in [0.25, 0.3) is 5.91 Å². The van der Waals surface area contributed by atoms with Gasteiger partial charge in [0, 0.05) is 19.8 Å². The Bertz CT molecular complexity index is 991. The molecule has 1 saturated heterocycles. The molecule has 1 aliphatic heterocycles. The summed E-state index contributed by atoms with van der Waals surface area (Å²) in [6.45, 7) is 2.68. The van der Waals surface area contributed by atoms with Gasteiger partial charge in [0.15, 0.2) is 15.8 Å². The van der Waals surface area contributed by atoms with Gasteiger partial charge in [-0.25, -0.2) is 0 Å². The van der Waals surface area contributed by atoms with Crippen molar-refractivity contribution in [2.75, 3.05) is 37.6 Å². The summed E-state index contributed by atoms with van der Waals surface area (Å²) in [5.41, 5.74) is 2.69. The van der Waals surface area contributed by atoms with Crippen molar-refractivity contribution in [1.29, 1.82) is 0 Å². The van der Waals surface area contributed by atoms with Crippen molar-refractivity contribution in [3.63, 3.8) is 0 Å². The summed E-state index contributed by atoms with van der Waals surface area (Å²) in [5.74, 6) is 1.25. The number of benzene rings is 2. The maximum absolute atomic E-state index is 13.1. The predicted octanol–water partition coefficient (Wildman–Crippen LogP) is 5.56. The van der Waals surface area contributed by atoms with Crippen LogP contribution in [0.2, 0.25) is 0 Å². The summed E-state index contributed by atoms with van der Waals surface area (Å²) < 4.78 is 12.8. The van der Waals surface area contributed by atoms with Crippen molar-refractivity contribution in [3.8, 4) is 11.5 Å². The topological polar surface area (TPSA) is 42.0 Å². The van der Waals surface area contributed by atoms with E-state index in [1.54, 1.807) is 12.0 Å². The molecule has 0 aromatic heterocycles. The van der Waals surface area contributed by atoms with E-state index in [2.05, 4.69) is 29.5 Å². The smallest absolute Gasteiger partial charge is 0.270 e. The van der Waals surface area contributed by atoms with Crippen LogP contribution in [0.15, 0.2) is 41.3 Å². The van der Waals surface area contributed by atoms with Crippen LogP contribution in [0.5, 0.6) is 11.5 Å². The number of rotatable bonds is 7.